The summed E-state index contributed by atoms with van der Waals surface area (Å²) >= 11 is 4.21. The largest absolute Gasteiger partial charge is 0.490 e. The number of hydrogen-bond acceptors (Lipinski definition) is 3. The van der Waals surface area contributed by atoms with Gasteiger partial charge in [0.1, 0.15) is 0 Å². The molecule has 0 aromatic heterocycles. The third kappa shape index (κ3) is 2.15. The van der Waals surface area contributed by atoms with Crippen LogP contribution >= 0.6 is 12.6 Å². The molecule has 1 heterocycles. The Bertz CT molecular complexity index is 312. The average molecular weight is 210 g/mol. The first-order chi connectivity index (χ1) is 6.90. The van der Waals surface area contributed by atoms with Crippen LogP contribution in [-0.4, -0.2) is 19.0 Å². The maximum absolute atomic E-state index is 5.59. The van der Waals surface area contributed by atoms with Gasteiger partial charge in [0.15, 0.2) is 11.5 Å². The van der Waals surface area contributed by atoms with Gasteiger partial charge in [-0.1, -0.05) is 6.07 Å². The second kappa shape index (κ2) is 4.60. The van der Waals surface area contributed by atoms with Gasteiger partial charge in [0.2, 0.25) is 0 Å². The summed E-state index contributed by atoms with van der Waals surface area (Å²) in [6, 6.07) is 6.11. The van der Waals surface area contributed by atoms with Gasteiger partial charge < -0.3 is 9.47 Å². The Morgan fingerprint density at radius 3 is 2.71 bits per heavy atom. The molecule has 1 aromatic carbocycles. The topological polar surface area (TPSA) is 18.5 Å². The van der Waals surface area contributed by atoms with Crippen LogP contribution in [0.25, 0.3) is 0 Å². The maximum Gasteiger partial charge on any atom is 0.161 e. The number of ether oxygens (including phenoxy) is 2. The van der Waals surface area contributed by atoms with Crippen LogP contribution < -0.4 is 9.47 Å². The van der Waals surface area contributed by atoms with E-state index in [2.05, 4.69) is 24.8 Å². The highest BCUT2D eigenvalue weighted by Gasteiger charge is 2.09. The molecule has 0 N–H and O–H groups in total. The summed E-state index contributed by atoms with van der Waals surface area (Å²) in [7, 11) is 0. The minimum atomic E-state index is 0.747. The number of aryl methyl sites for hydroxylation is 1. The van der Waals surface area contributed by atoms with Crippen molar-refractivity contribution in [2.24, 2.45) is 0 Å². The molecule has 3 heteroatoms. The second-order valence-corrected chi connectivity index (χ2v) is 3.75. The molecule has 0 unspecified atom stereocenters. The number of fused-ring (bicyclic) bond motifs is 1. The fourth-order valence-corrected chi connectivity index (χ4v) is 1.75. The minimum Gasteiger partial charge on any atom is -0.490 e. The lowest BCUT2D eigenvalue weighted by Gasteiger charge is -2.08. The summed E-state index contributed by atoms with van der Waals surface area (Å²) in [5, 5.41) is 0. The van der Waals surface area contributed by atoms with E-state index in [0.29, 0.717) is 0 Å². The van der Waals surface area contributed by atoms with Gasteiger partial charge in [0.05, 0.1) is 13.2 Å². The summed E-state index contributed by atoms with van der Waals surface area (Å²) in [6.07, 6.45) is 1.93. The lowest BCUT2D eigenvalue weighted by Crippen LogP contribution is -1.97. The van der Waals surface area contributed by atoms with E-state index < -0.39 is 0 Å². The zero-order valence-electron chi connectivity index (χ0n) is 8.03. The summed E-state index contributed by atoms with van der Waals surface area (Å²) < 4.78 is 11.1. The number of rotatable bonds is 2. The van der Waals surface area contributed by atoms with Crippen LogP contribution in [0.4, 0.5) is 0 Å². The van der Waals surface area contributed by atoms with E-state index in [1.165, 1.54) is 5.56 Å². The van der Waals surface area contributed by atoms with E-state index in [1.54, 1.807) is 0 Å². The molecule has 0 bridgehead atoms. The van der Waals surface area contributed by atoms with E-state index >= 15 is 0 Å². The molecule has 0 saturated carbocycles. The number of benzene rings is 1. The summed E-state index contributed by atoms with van der Waals surface area (Å²) in [5.74, 6) is 2.60. The fraction of sp³-hybridized carbons (Fsp3) is 0.455. The molecule has 1 aliphatic heterocycles. The quantitative estimate of drug-likeness (QED) is 0.755. The van der Waals surface area contributed by atoms with E-state index in [0.717, 1.165) is 43.3 Å². The summed E-state index contributed by atoms with van der Waals surface area (Å²) in [5.41, 5.74) is 1.25. The van der Waals surface area contributed by atoms with Crippen LogP contribution in [0.3, 0.4) is 0 Å². The van der Waals surface area contributed by atoms with E-state index in [-0.39, 0.29) is 0 Å². The first-order valence-electron chi connectivity index (χ1n) is 4.89. The van der Waals surface area contributed by atoms with Gasteiger partial charge in [-0.15, -0.1) is 0 Å². The van der Waals surface area contributed by atoms with Crippen molar-refractivity contribution < 1.29 is 9.47 Å². The molecular weight excluding hydrogens is 196 g/mol. The first kappa shape index (κ1) is 9.71. The monoisotopic (exact) mass is 210 g/mol. The second-order valence-electron chi connectivity index (χ2n) is 3.31. The molecule has 0 saturated heterocycles. The lowest BCUT2D eigenvalue weighted by molar-refractivity contribution is 0.297. The molecule has 0 atom stereocenters. The van der Waals surface area contributed by atoms with Crippen LogP contribution in [0.1, 0.15) is 12.0 Å². The molecule has 0 aliphatic carbocycles. The van der Waals surface area contributed by atoms with Gasteiger partial charge in [-0.25, -0.2) is 0 Å². The van der Waals surface area contributed by atoms with Gasteiger partial charge in [0.25, 0.3) is 0 Å². The standard InChI is InChI=1S/C11H14O2S/c14-7-4-9-2-3-10-11(8-9)13-6-1-5-12-10/h2-3,8,14H,1,4-7H2. The molecule has 0 fully saturated rings. The van der Waals surface area contributed by atoms with E-state index in [4.69, 9.17) is 9.47 Å². The van der Waals surface area contributed by atoms with Crippen LogP contribution in [0.2, 0.25) is 0 Å². The van der Waals surface area contributed by atoms with Crippen molar-refractivity contribution >= 4 is 12.6 Å². The zero-order chi connectivity index (χ0) is 9.80. The molecule has 76 valence electrons. The van der Waals surface area contributed by atoms with Crippen molar-refractivity contribution in [1.82, 2.24) is 0 Å². The Morgan fingerprint density at radius 1 is 1.14 bits per heavy atom. The third-order valence-corrected chi connectivity index (χ3v) is 2.44. The number of hydrogen-bond donors (Lipinski definition) is 1. The van der Waals surface area contributed by atoms with Crippen LogP contribution in [0, 0.1) is 0 Å². The van der Waals surface area contributed by atoms with Crippen molar-refractivity contribution in [3.8, 4) is 11.5 Å². The molecular formula is C11H14O2S. The highest BCUT2D eigenvalue weighted by Crippen LogP contribution is 2.30. The van der Waals surface area contributed by atoms with Crippen LogP contribution in [0.5, 0.6) is 11.5 Å². The van der Waals surface area contributed by atoms with Gasteiger partial charge >= 0.3 is 0 Å². The van der Waals surface area contributed by atoms with Gasteiger partial charge in [-0.3, -0.25) is 0 Å². The molecule has 2 nitrogen and oxygen atoms in total. The first-order valence-corrected chi connectivity index (χ1v) is 5.53. The van der Waals surface area contributed by atoms with Crippen molar-refractivity contribution in [1.29, 1.82) is 0 Å². The van der Waals surface area contributed by atoms with Gasteiger partial charge in [0, 0.05) is 6.42 Å². The lowest BCUT2D eigenvalue weighted by atomic mass is 10.1. The Hall–Kier alpha value is -0.830. The van der Waals surface area contributed by atoms with Crippen molar-refractivity contribution in [3.63, 3.8) is 0 Å². The van der Waals surface area contributed by atoms with Gasteiger partial charge in [-0.2, -0.15) is 12.6 Å². The average Bonchev–Trinajstić information content (AvgIpc) is 2.42. The van der Waals surface area contributed by atoms with Crippen molar-refractivity contribution in [2.45, 2.75) is 12.8 Å². The normalized spacial score (nSPS) is 14.9. The van der Waals surface area contributed by atoms with Crippen LogP contribution in [-0.2, 0) is 6.42 Å². The SMILES string of the molecule is SCCc1ccc2c(c1)OCCCO2. The Balaban J connectivity index is 2.23. The molecule has 0 radical (unpaired) electrons. The molecule has 1 aliphatic rings. The Kier molecular flexibility index (Phi) is 3.19. The van der Waals surface area contributed by atoms with Crippen LogP contribution in [0.15, 0.2) is 18.2 Å². The maximum atomic E-state index is 5.59. The fourth-order valence-electron chi connectivity index (χ4n) is 1.49. The minimum absolute atomic E-state index is 0.747. The Labute approximate surface area is 89.6 Å². The summed E-state index contributed by atoms with van der Waals surface area (Å²) in [4.78, 5) is 0. The van der Waals surface area contributed by atoms with E-state index in [1.807, 2.05) is 6.07 Å². The Morgan fingerprint density at radius 2 is 1.93 bits per heavy atom. The van der Waals surface area contributed by atoms with Crippen molar-refractivity contribution in [2.75, 3.05) is 19.0 Å². The van der Waals surface area contributed by atoms with E-state index in [9.17, 15) is 0 Å². The zero-order valence-corrected chi connectivity index (χ0v) is 8.93. The number of thiol groups is 1. The summed E-state index contributed by atoms with van der Waals surface area (Å²) in [6.45, 7) is 1.50. The predicted molar refractivity (Wildman–Crippen MR) is 59.6 cm³/mol. The molecule has 2 rings (SSSR count). The smallest absolute Gasteiger partial charge is 0.161 e. The third-order valence-electron chi connectivity index (χ3n) is 2.21. The molecule has 0 amide bonds. The van der Waals surface area contributed by atoms with Crippen molar-refractivity contribution in [3.05, 3.63) is 23.8 Å². The predicted octanol–water partition coefficient (Wildman–Crippen LogP) is 2.32. The highest BCUT2D eigenvalue weighted by molar-refractivity contribution is 7.80. The molecule has 0 spiro atoms. The van der Waals surface area contributed by atoms with Gasteiger partial charge in [-0.05, 0) is 29.9 Å². The molecule has 1 aromatic rings. The highest BCUT2D eigenvalue weighted by atomic mass is 32.1. The molecule has 14 heavy (non-hydrogen) atoms.